The summed E-state index contributed by atoms with van der Waals surface area (Å²) >= 11 is 5.91. The zero-order valence-corrected chi connectivity index (χ0v) is 18.6. The number of hydrogen-bond donors (Lipinski definition) is 3. The number of halogens is 1. The van der Waals surface area contributed by atoms with E-state index in [1.807, 2.05) is 54.6 Å². The molecule has 0 saturated carbocycles. The molecule has 3 aromatic carbocycles. The minimum absolute atomic E-state index is 0.216. The number of nitrogens with one attached hydrogen (secondary N) is 2. The predicted octanol–water partition coefficient (Wildman–Crippen LogP) is 4.55. The molecule has 4 N–H and O–H groups in total. The second-order valence-electron chi connectivity index (χ2n) is 7.60. The predicted molar refractivity (Wildman–Crippen MR) is 129 cm³/mol. The zero-order valence-electron chi connectivity index (χ0n) is 17.9. The Morgan fingerprint density at radius 1 is 0.844 bits per heavy atom. The van der Waals surface area contributed by atoms with E-state index in [0.29, 0.717) is 30.1 Å². The molecule has 3 rings (SSSR count). The quantitative estimate of drug-likeness (QED) is 0.397. The normalized spacial score (nSPS) is 11.6. The molecule has 32 heavy (non-hydrogen) atoms. The van der Waals surface area contributed by atoms with E-state index in [2.05, 4.69) is 10.6 Å². The Kier molecular flexibility index (Phi) is 8.84. The summed E-state index contributed by atoms with van der Waals surface area (Å²) in [6, 6.07) is 24.0. The Morgan fingerprint density at radius 2 is 1.50 bits per heavy atom. The number of nitrogens with two attached hydrogens (primary N) is 1. The van der Waals surface area contributed by atoms with Crippen molar-refractivity contribution in [3.8, 4) is 11.1 Å². The second-order valence-corrected chi connectivity index (χ2v) is 8.03. The maximum atomic E-state index is 12.8. The molecule has 2 amide bonds. The van der Waals surface area contributed by atoms with Gasteiger partial charge in [0.15, 0.2) is 0 Å². The van der Waals surface area contributed by atoms with Crippen molar-refractivity contribution in [2.75, 3.05) is 6.54 Å². The summed E-state index contributed by atoms with van der Waals surface area (Å²) in [7, 11) is 0. The molecule has 6 heteroatoms. The van der Waals surface area contributed by atoms with Gasteiger partial charge in [0.2, 0.25) is 5.91 Å². The van der Waals surface area contributed by atoms with Crippen molar-refractivity contribution >= 4 is 23.4 Å². The van der Waals surface area contributed by atoms with Gasteiger partial charge in [-0.3, -0.25) is 9.59 Å². The maximum Gasteiger partial charge on any atom is 0.251 e. The van der Waals surface area contributed by atoms with E-state index in [1.54, 1.807) is 24.3 Å². The van der Waals surface area contributed by atoms with Crippen LogP contribution < -0.4 is 16.4 Å². The smallest absolute Gasteiger partial charge is 0.251 e. The van der Waals surface area contributed by atoms with Crippen LogP contribution in [0.2, 0.25) is 5.02 Å². The first-order chi connectivity index (χ1) is 15.6. The molecule has 1 unspecified atom stereocenters. The largest absolute Gasteiger partial charge is 0.350 e. The minimum atomic E-state index is -0.629. The van der Waals surface area contributed by atoms with Crippen LogP contribution in [0.5, 0.6) is 0 Å². The molecule has 0 heterocycles. The number of carbonyl (C=O) groups is 2. The Labute approximate surface area is 194 Å². The molecule has 1 atom stereocenters. The average molecular weight is 450 g/mol. The SMILES string of the molecule is NCCCCC(NC(=O)c1ccc(-c2ccccc2)cc1)C(=O)NCc1ccc(Cl)cc1. The van der Waals surface area contributed by atoms with Gasteiger partial charge in [0.1, 0.15) is 6.04 Å². The lowest BCUT2D eigenvalue weighted by Crippen LogP contribution is -2.46. The van der Waals surface area contributed by atoms with Gasteiger partial charge in [-0.2, -0.15) is 0 Å². The number of carbonyl (C=O) groups excluding carboxylic acids is 2. The van der Waals surface area contributed by atoms with Gasteiger partial charge in [0.25, 0.3) is 5.91 Å². The van der Waals surface area contributed by atoms with Crippen LogP contribution in [-0.2, 0) is 11.3 Å². The fourth-order valence-corrected chi connectivity index (χ4v) is 3.49. The van der Waals surface area contributed by atoms with Crippen molar-refractivity contribution in [2.45, 2.75) is 31.8 Å². The van der Waals surface area contributed by atoms with Crippen LogP contribution in [0.15, 0.2) is 78.9 Å². The second kappa shape index (κ2) is 12.0. The van der Waals surface area contributed by atoms with Crippen LogP contribution in [0.3, 0.4) is 0 Å². The minimum Gasteiger partial charge on any atom is -0.350 e. The fourth-order valence-electron chi connectivity index (χ4n) is 3.36. The highest BCUT2D eigenvalue weighted by molar-refractivity contribution is 6.30. The van der Waals surface area contributed by atoms with Gasteiger partial charge in [-0.25, -0.2) is 0 Å². The lowest BCUT2D eigenvalue weighted by atomic mass is 10.0. The van der Waals surface area contributed by atoms with Gasteiger partial charge in [-0.15, -0.1) is 0 Å². The van der Waals surface area contributed by atoms with Crippen molar-refractivity contribution < 1.29 is 9.59 Å². The highest BCUT2D eigenvalue weighted by Crippen LogP contribution is 2.19. The summed E-state index contributed by atoms with van der Waals surface area (Å²) < 4.78 is 0. The molecule has 166 valence electrons. The molecule has 3 aromatic rings. The number of rotatable bonds is 10. The van der Waals surface area contributed by atoms with Crippen molar-refractivity contribution in [2.24, 2.45) is 5.73 Å². The van der Waals surface area contributed by atoms with E-state index >= 15 is 0 Å². The number of benzene rings is 3. The first kappa shape index (κ1) is 23.5. The molecule has 0 aliphatic carbocycles. The third-order valence-electron chi connectivity index (χ3n) is 5.20. The van der Waals surface area contributed by atoms with E-state index in [-0.39, 0.29) is 11.8 Å². The molecule has 0 aromatic heterocycles. The molecule has 0 spiro atoms. The first-order valence-corrected chi connectivity index (χ1v) is 11.1. The van der Waals surface area contributed by atoms with E-state index in [1.165, 1.54) is 0 Å². The van der Waals surface area contributed by atoms with Crippen LogP contribution in [0.4, 0.5) is 0 Å². The zero-order chi connectivity index (χ0) is 22.8. The van der Waals surface area contributed by atoms with Gasteiger partial charge in [-0.1, -0.05) is 66.2 Å². The van der Waals surface area contributed by atoms with Crippen molar-refractivity contribution in [1.82, 2.24) is 10.6 Å². The standard InChI is InChI=1S/C26H28ClN3O2/c27-23-15-9-19(10-16-23)18-29-26(32)24(8-4-5-17-28)30-25(31)22-13-11-21(12-14-22)20-6-2-1-3-7-20/h1-3,6-7,9-16,24H,4-5,8,17-18,28H2,(H,29,32)(H,30,31). The van der Waals surface area contributed by atoms with Crippen LogP contribution in [0, 0.1) is 0 Å². The summed E-state index contributed by atoms with van der Waals surface area (Å²) in [5.74, 6) is -0.491. The Bertz CT molecular complexity index is 1010. The number of unbranched alkanes of at least 4 members (excludes halogenated alkanes) is 1. The van der Waals surface area contributed by atoms with Crippen LogP contribution in [-0.4, -0.2) is 24.4 Å². The highest BCUT2D eigenvalue weighted by Gasteiger charge is 2.21. The van der Waals surface area contributed by atoms with Gasteiger partial charge < -0.3 is 16.4 Å². The number of hydrogen-bond acceptors (Lipinski definition) is 3. The van der Waals surface area contributed by atoms with Crippen molar-refractivity contribution in [3.63, 3.8) is 0 Å². The summed E-state index contributed by atoms with van der Waals surface area (Å²) in [4.78, 5) is 25.6. The monoisotopic (exact) mass is 449 g/mol. The summed E-state index contributed by atoms with van der Waals surface area (Å²) in [6.45, 7) is 0.916. The van der Waals surface area contributed by atoms with Gasteiger partial charge in [-0.05, 0) is 66.8 Å². The molecule has 0 fully saturated rings. The third-order valence-corrected chi connectivity index (χ3v) is 5.45. The van der Waals surface area contributed by atoms with Crippen molar-refractivity contribution in [3.05, 3.63) is 95.0 Å². The van der Waals surface area contributed by atoms with Gasteiger partial charge in [0.05, 0.1) is 0 Å². The Balaban J connectivity index is 1.63. The topological polar surface area (TPSA) is 84.2 Å². The molecule has 5 nitrogen and oxygen atoms in total. The first-order valence-electron chi connectivity index (χ1n) is 10.8. The molecule has 0 radical (unpaired) electrons. The molecule has 0 bridgehead atoms. The van der Waals surface area contributed by atoms with Crippen molar-refractivity contribution in [1.29, 1.82) is 0 Å². The van der Waals surface area contributed by atoms with E-state index < -0.39 is 6.04 Å². The van der Waals surface area contributed by atoms with E-state index in [0.717, 1.165) is 29.5 Å². The van der Waals surface area contributed by atoms with Gasteiger partial charge >= 0.3 is 0 Å². The molecule has 0 aliphatic heterocycles. The van der Waals surface area contributed by atoms with Gasteiger partial charge in [0, 0.05) is 17.1 Å². The van der Waals surface area contributed by atoms with Crippen LogP contribution >= 0.6 is 11.6 Å². The maximum absolute atomic E-state index is 12.8. The van der Waals surface area contributed by atoms with Crippen LogP contribution in [0.25, 0.3) is 11.1 Å². The molecular formula is C26H28ClN3O2. The lowest BCUT2D eigenvalue weighted by molar-refractivity contribution is -0.123. The molecule has 0 saturated heterocycles. The Hall–Kier alpha value is -3.15. The highest BCUT2D eigenvalue weighted by atomic mass is 35.5. The van der Waals surface area contributed by atoms with Crippen LogP contribution in [0.1, 0.15) is 35.2 Å². The summed E-state index contributed by atoms with van der Waals surface area (Å²) in [5.41, 5.74) is 9.16. The Morgan fingerprint density at radius 3 is 2.16 bits per heavy atom. The van der Waals surface area contributed by atoms with E-state index in [9.17, 15) is 9.59 Å². The summed E-state index contributed by atoms with van der Waals surface area (Å²) in [6.07, 6.45) is 2.07. The number of amides is 2. The average Bonchev–Trinajstić information content (AvgIpc) is 2.83. The third kappa shape index (κ3) is 6.94. The fraction of sp³-hybridized carbons (Fsp3) is 0.231. The van der Waals surface area contributed by atoms with E-state index in [4.69, 9.17) is 17.3 Å². The molecular weight excluding hydrogens is 422 g/mol. The summed E-state index contributed by atoms with van der Waals surface area (Å²) in [5, 5.41) is 6.43. The lowest BCUT2D eigenvalue weighted by Gasteiger charge is -2.19. The molecule has 0 aliphatic rings.